The van der Waals surface area contributed by atoms with Gasteiger partial charge in [-0.05, 0) is 36.4 Å². The van der Waals surface area contributed by atoms with E-state index in [0.29, 0.717) is 11.3 Å². The van der Waals surface area contributed by atoms with Crippen LogP contribution in [-0.4, -0.2) is 31.2 Å². The molecule has 0 fully saturated rings. The minimum Gasteiger partial charge on any atom is -0.497 e. The van der Waals surface area contributed by atoms with E-state index in [0.717, 1.165) is 11.3 Å². The summed E-state index contributed by atoms with van der Waals surface area (Å²) in [5, 5.41) is 13.8. The number of anilines is 1. The second-order valence-electron chi connectivity index (χ2n) is 5.62. The third-order valence-corrected chi connectivity index (χ3v) is 4.11. The number of carbonyl (C=O) groups excluding carboxylic acids is 1. The molecule has 0 saturated heterocycles. The molecule has 1 aliphatic heterocycles. The summed E-state index contributed by atoms with van der Waals surface area (Å²) in [5.41, 5.74) is 2.12. The van der Waals surface area contributed by atoms with E-state index < -0.39 is 4.92 Å². The molecule has 0 radical (unpaired) electrons. The Labute approximate surface area is 144 Å². The number of nitrogens with zero attached hydrogens (tertiary/aromatic N) is 2. The van der Waals surface area contributed by atoms with Crippen LogP contribution < -0.4 is 15.0 Å². The first-order valence-corrected chi connectivity index (χ1v) is 7.64. The molecule has 2 aromatic carbocycles. The summed E-state index contributed by atoms with van der Waals surface area (Å²) in [6.45, 7) is 0. The Bertz CT molecular complexity index is 846. The lowest BCUT2D eigenvalue weighted by atomic mass is 10.1. The van der Waals surface area contributed by atoms with Crippen LogP contribution in [0.5, 0.6) is 5.75 Å². The second-order valence-corrected chi connectivity index (χ2v) is 5.62. The van der Waals surface area contributed by atoms with Gasteiger partial charge in [0.05, 0.1) is 12.0 Å². The van der Waals surface area contributed by atoms with E-state index in [1.807, 2.05) is 11.9 Å². The predicted octanol–water partition coefficient (Wildman–Crippen LogP) is 2.82. The molecular weight excluding hydrogens is 322 g/mol. The lowest BCUT2D eigenvalue weighted by Gasteiger charge is -2.32. The average Bonchev–Trinajstić information content (AvgIpc) is 2.63. The number of rotatable bonds is 4. The van der Waals surface area contributed by atoms with Crippen LogP contribution in [0.15, 0.2) is 48.5 Å². The molecule has 0 spiro atoms. The number of benzene rings is 2. The summed E-state index contributed by atoms with van der Waals surface area (Å²) >= 11 is 0. The zero-order valence-electron chi connectivity index (χ0n) is 13.8. The minimum absolute atomic E-state index is 0.0394. The van der Waals surface area contributed by atoms with E-state index in [2.05, 4.69) is 5.32 Å². The van der Waals surface area contributed by atoms with Crippen molar-refractivity contribution >= 4 is 23.4 Å². The maximum Gasteiger partial charge on any atom is 0.270 e. The summed E-state index contributed by atoms with van der Waals surface area (Å²) in [6, 6.07) is 11.5. The monoisotopic (exact) mass is 339 g/mol. The summed E-state index contributed by atoms with van der Waals surface area (Å²) in [7, 11) is 3.39. The van der Waals surface area contributed by atoms with Gasteiger partial charge in [-0.2, -0.15) is 0 Å². The minimum atomic E-state index is -0.425. The van der Waals surface area contributed by atoms with Gasteiger partial charge in [0.25, 0.3) is 11.6 Å². The van der Waals surface area contributed by atoms with E-state index in [1.165, 1.54) is 12.1 Å². The number of hydrogen-bond donors (Lipinski definition) is 1. The maximum absolute atomic E-state index is 12.4. The number of nitro groups is 1. The Hall–Kier alpha value is -3.35. The number of fused-ring (bicyclic) bond motifs is 1. The number of nitrogens with one attached hydrogen (secondary N) is 1. The highest BCUT2D eigenvalue weighted by atomic mass is 16.6. The summed E-state index contributed by atoms with van der Waals surface area (Å²) in [5.74, 6) is 0.469. The Morgan fingerprint density at radius 1 is 1.24 bits per heavy atom. The van der Waals surface area contributed by atoms with Crippen molar-refractivity contribution in [2.45, 2.75) is 6.17 Å². The second kappa shape index (κ2) is 6.64. The molecule has 1 atom stereocenters. The molecular formula is C18H17N3O4. The van der Waals surface area contributed by atoms with Gasteiger partial charge >= 0.3 is 0 Å². The average molecular weight is 339 g/mol. The van der Waals surface area contributed by atoms with Crippen LogP contribution in [0.3, 0.4) is 0 Å². The molecule has 1 aliphatic rings. The van der Waals surface area contributed by atoms with Crippen molar-refractivity contribution < 1.29 is 14.5 Å². The van der Waals surface area contributed by atoms with Crippen LogP contribution in [0.2, 0.25) is 0 Å². The van der Waals surface area contributed by atoms with Crippen molar-refractivity contribution in [3.8, 4) is 5.75 Å². The van der Waals surface area contributed by atoms with E-state index >= 15 is 0 Å². The number of non-ortho nitro benzene ring substituents is 1. The molecule has 1 unspecified atom stereocenters. The van der Waals surface area contributed by atoms with Crippen LogP contribution in [0.1, 0.15) is 15.9 Å². The standard InChI is InChI=1S/C18H17N3O4/c1-20-16-9-6-14(21(23)24)11-13(16)5-10-17(20)19-18(22)12-3-7-15(25-2)8-4-12/h3-11,17H,1-2H3,(H,19,22). The van der Waals surface area contributed by atoms with E-state index in [1.54, 1.807) is 49.6 Å². The summed E-state index contributed by atoms with van der Waals surface area (Å²) in [4.78, 5) is 24.7. The van der Waals surface area contributed by atoms with Gasteiger partial charge in [-0.1, -0.05) is 6.08 Å². The molecule has 1 N–H and O–H groups in total. The normalized spacial score (nSPS) is 15.4. The topological polar surface area (TPSA) is 84.7 Å². The first kappa shape index (κ1) is 16.5. The largest absolute Gasteiger partial charge is 0.497 e. The molecule has 2 aromatic rings. The molecule has 128 valence electrons. The lowest BCUT2D eigenvalue weighted by Crippen LogP contribution is -2.46. The third-order valence-electron chi connectivity index (χ3n) is 4.11. The molecule has 25 heavy (non-hydrogen) atoms. The van der Waals surface area contributed by atoms with E-state index in [9.17, 15) is 14.9 Å². The fraction of sp³-hybridized carbons (Fsp3) is 0.167. The highest BCUT2D eigenvalue weighted by Crippen LogP contribution is 2.30. The number of amides is 1. The van der Waals surface area contributed by atoms with Crippen LogP contribution in [0, 0.1) is 10.1 Å². The Morgan fingerprint density at radius 3 is 2.60 bits per heavy atom. The predicted molar refractivity (Wildman–Crippen MR) is 94.8 cm³/mol. The van der Waals surface area contributed by atoms with Crippen molar-refractivity contribution in [2.24, 2.45) is 0 Å². The first-order valence-electron chi connectivity index (χ1n) is 7.64. The van der Waals surface area contributed by atoms with Gasteiger partial charge < -0.3 is 15.0 Å². The van der Waals surface area contributed by atoms with Crippen molar-refractivity contribution in [3.05, 3.63) is 69.8 Å². The highest BCUT2D eigenvalue weighted by Gasteiger charge is 2.22. The summed E-state index contributed by atoms with van der Waals surface area (Å²) < 4.78 is 5.08. The molecule has 1 heterocycles. The summed E-state index contributed by atoms with van der Waals surface area (Å²) in [6.07, 6.45) is 3.23. The molecule has 7 heteroatoms. The number of likely N-dealkylation sites (N-methyl/N-ethyl adjacent to an activating group) is 1. The zero-order chi connectivity index (χ0) is 18.0. The van der Waals surface area contributed by atoms with Crippen LogP contribution in [0.25, 0.3) is 6.08 Å². The number of hydrogen-bond acceptors (Lipinski definition) is 5. The molecule has 7 nitrogen and oxygen atoms in total. The molecule has 0 aromatic heterocycles. The number of carbonyl (C=O) groups is 1. The van der Waals surface area contributed by atoms with Crippen LogP contribution >= 0.6 is 0 Å². The highest BCUT2D eigenvalue weighted by molar-refractivity contribution is 5.95. The molecule has 0 aliphatic carbocycles. The molecule has 0 bridgehead atoms. The molecule has 1 amide bonds. The SMILES string of the molecule is COc1ccc(C(=O)NC2C=Cc3cc([N+](=O)[O-])ccc3N2C)cc1. The van der Waals surface area contributed by atoms with Gasteiger partial charge in [-0.15, -0.1) is 0 Å². The maximum atomic E-state index is 12.4. The first-order chi connectivity index (χ1) is 12.0. The van der Waals surface area contributed by atoms with Gasteiger partial charge in [0.15, 0.2) is 0 Å². The number of nitro benzene ring substituents is 1. The van der Waals surface area contributed by atoms with Crippen LogP contribution in [0.4, 0.5) is 11.4 Å². The number of ether oxygens (including phenoxy) is 1. The van der Waals surface area contributed by atoms with Crippen molar-refractivity contribution in [3.63, 3.8) is 0 Å². The Balaban J connectivity index is 1.77. The van der Waals surface area contributed by atoms with Crippen molar-refractivity contribution in [1.29, 1.82) is 0 Å². The fourth-order valence-electron chi connectivity index (χ4n) is 2.69. The quantitative estimate of drug-likeness (QED) is 0.684. The Morgan fingerprint density at radius 2 is 1.96 bits per heavy atom. The zero-order valence-corrected chi connectivity index (χ0v) is 13.8. The van der Waals surface area contributed by atoms with Crippen LogP contribution in [-0.2, 0) is 0 Å². The van der Waals surface area contributed by atoms with Gasteiger partial charge in [-0.25, -0.2) is 0 Å². The Kier molecular flexibility index (Phi) is 4.38. The van der Waals surface area contributed by atoms with Gasteiger partial charge in [0.1, 0.15) is 11.9 Å². The fourth-order valence-corrected chi connectivity index (χ4v) is 2.69. The van der Waals surface area contributed by atoms with Crippen molar-refractivity contribution in [1.82, 2.24) is 5.32 Å². The van der Waals surface area contributed by atoms with E-state index in [-0.39, 0.29) is 17.8 Å². The molecule has 0 saturated carbocycles. The lowest BCUT2D eigenvalue weighted by molar-refractivity contribution is -0.384. The van der Waals surface area contributed by atoms with Crippen molar-refractivity contribution in [2.75, 3.05) is 19.1 Å². The third kappa shape index (κ3) is 3.30. The molecule has 3 rings (SSSR count). The number of methoxy groups -OCH3 is 1. The van der Waals surface area contributed by atoms with Gasteiger partial charge in [0.2, 0.25) is 0 Å². The van der Waals surface area contributed by atoms with Gasteiger partial charge in [0, 0.05) is 36.0 Å². The smallest absolute Gasteiger partial charge is 0.270 e. The van der Waals surface area contributed by atoms with E-state index in [4.69, 9.17) is 4.74 Å². The van der Waals surface area contributed by atoms with Gasteiger partial charge in [-0.3, -0.25) is 14.9 Å².